The number of hydrogen-bond acceptors (Lipinski definition) is 4. The molecule has 0 radical (unpaired) electrons. The lowest BCUT2D eigenvalue weighted by atomic mass is 10.1. The van der Waals surface area contributed by atoms with Crippen LogP contribution in [0.4, 0.5) is 0 Å². The van der Waals surface area contributed by atoms with Crippen LogP contribution in [0.1, 0.15) is 41.6 Å². The van der Waals surface area contributed by atoms with E-state index < -0.39 is 5.91 Å². The minimum atomic E-state index is -0.627. The number of amides is 2. The van der Waals surface area contributed by atoms with Gasteiger partial charge in [-0.15, -0.1) is 0 Å². The van der Waals surface area contributed by atoms with Gasteiger partial charge in [0, 0.05) is 17.4 Å². The molecule has 2 rings (SSSR count). The molecule has 0 atom stereocenters. The van der Waals surface area contributed by atoms with Gasteiger partial charge in [-0.25, -0.2) is 10.9 Å². The van der Waals surface area contributed by atoms with E-state index in [2.05, 4.69) is 10.5 Å². The molecule has 110 valence electrons. The van der Waals surface area contributed by atoms with Gasteiger partial charge in [-0.3, -0.25) is 14.8 Å². The molecule has 0 saturated heterocycles. The van der Waals surface area contributed by atoms with Crippen LogP contribution >= 0.6 is 0 Å². The zero-order chi connectivity index (χ0) is 15.1. The number of nitrogens with one attached hydrogen (secondary N) is 2. The Bertz CT molecular complexity index is 586. The highest BCUT2D eigenvalue weighted by Crippen LogP contribution is 2.14. The van der Waals surface area contributed by atoms with E-state index in [4.69, 9.17) is 5.21 Å². The number of rotatable bonds is 4. The normalized spacial score (nSPS) is 14.2. The number of hydrogen-bond donors (Lipinski definition) is 3. The lowest BCUT2D eigenvalue weighted by Gasteiger charge is -2.02. The SMILES string of the molecule is O=C(/C=C/c1cccc(C(=O)NN=C2CCCC2)c1)NO. The fourth-order valence-electron chi connectivity index (χ4n) is 2.08. The second-order valence-corrected chi connectivity index (χ2v) is 4.76. The van der Waals surface area contributed by atoms with Crippen molar-refractivity contribution in [3.63, 3.8) is 0 Å². The summed E-state index contributed by atoms with van der Waals surface area (Å²) >= 11 is 0. The molecule has 1 aromatic rings. The highest BCUT2D eigenvalue weighted by molar-refractivity contribution is 5.96. The van der Waals surface area contributed by atoms with Crippen molar-refractivity contribution < 1.29 is 14.8 Å². The highest BCUT2D eigenvalue weighted by Gasteiger charge is 2.09. The molecule has 1 saturated carbocycles. The molecule has 0 heterocycles. The van der Waals surface area contributed by atoms with Gasteiger partial charge in [-0.2, -0.15) is 5.10 Å². The van der Waals surface area contributed by atoms with E-state index in [9.17, 15) is 9.59 Å². The van der Waals surface area contributed by atoms with Crippen molar-refractivity contribution in [2.75, 3.05) is 0 Å². The molecule has 0 unspecified atom stereocenters. The quantitative estimate of drug-likeness (QED) is 0.448. The van der Waals surface area contributed by atoms with E-state index >= 15 is 0 Å². The van der Waals surface area contributed by atoms with Crippen LogP contribution in [0.25, 0.3) is 6.08 Å². The number of hydrazone groups is 1. The summed E-state index contributed by atoms with van der Waals surface area (Å²) in [5.41, 5.74) is 6.22. The van der Waals surface area contributed by atoms with Crippen LogP contribution in [0.3, 0.4) is 0 Å². The van der Waals surface area contributed by atoms with Crippen molar-refractivity contribution >= 4 is 23.6 Å². The van der Waals surface area contributed by atoms with Crippen LogP contribution < -0.4 is 10.9 Å². The van der Waals surface area contributed by atoms with E-state index in [0.717, 1.165) is 31.4 Å². The van der Waals surface area contributed by atoms with E-state index in [1.54, 1.807) is 24.3 Å². The Morgan fingerprint density at radius 3 is 2.71 bits per heavy atom. The maximum Gasteiger partial charge on any atom is 0.271 e. The predicted octanol–water partition coefficient (Wildman–Crippen LogP) is 1.86. The van der Waals surface area contributed by atoms with Crippen LogP contribution in [0, 0.1) is 0 Å². The molecule has 0 aromatic heterocycles. The second kappa shape index (κ2) is 7.35. The van der Waals surface area contributed by atoms with Gasteiger partial charge in [0.25, 0.3) is 11.8 Å². The Morgan fingerprint density at radius 1 is 1.24 bits per heavy atom. The maximum absolute atomic E-state index is 12.0. The summed E-state index contributed by atoms with van der Waals surface area (Å²) in [6.07, 6.45) is 6.82. The topological polar surface area (TPSA) is 90.8 Å². The van der Waals surface area contributed by atoms with E-state index in [0.29, 0.717) is 11.1 Å². The van der Waals surface area contributed by atoms with Crippen LogP contribution in [0.15, 0.2) is 35.4 Å². The molecule has 6 heteroatoms. The van der Waals surface area contributed by atoms with Gasteiger partial charge in [0.1, 0.15) is 0 Å². The first-order valence-corrected chi connectivity index (χ1v) is 6.77. The Morgan fingerprint density at radius 2 is 2.00 bits per heavy atom. The lowest BCUT2D eigenvalue weighted by Crippen LogP contribution is -2.19. The zero-order valence-electron chi connectivity index (χ0n) is 11.5. The summed E-state index contributed by atoms with van der Waals surface area (Å²) in [5.74, 6) is -0.909. The third-order valence-electron chi connectivity index (χ3n) is 3.18. The smallest absolute Gasteiger partial charge is 0.271 e. The Balaban J connectivity index is 2.02. The van der Waals surface area contributed by atoms with Gasteiger partial charge in [-0.1, -0.05) is 12.1 Å². The van der Waals surface area contributed by atoms with Crippen molar-refractivity contribution in [1.29, 1.82) is 0 Å². The van der Waals surface area contributed by atoms with Crippen molar-refractivity contribution in [2.24, 2.45) is 5.10 Å². The van der Waals surface area contributed by atoms with Crippen molar-refractivity contribution in [1.82, 2.24) is 10.9 Å². The zero-order valence-corrected chi connectivity index (χ0v) is 11.5. The Hall–Kier alpha value is -2.47. The molecule has 1 fully saturated rings. The summed E-state index contributed by atoms with van der Waals surface area (Å²) in [7, 11) is 0. The molecule has 1 aliphatic rings. The van der Waals surface area contributed by atoms with Gasteiger partial charge < -0.3 is 0 Å². The molecule has 21 heavy (non-hydrogen) atoms. The molecule has 6 nitrogen and oxygen atoms in total. The van der Waals surface area contributed by atoms with Crippen LogP contribution in [-0.2, 0) is 4.79 Å². The average Bonchev–Trinajstić information content (AvgIpc) is 3.04. The van der Waals surface area contributed by atoms with Gasteiger partial charge >= 0.3 is 0 Å². The minimum Gasteiger partial charge on any atom is -0.288 e. The molecule has 0 aliphatic heterocycles. The van der Waals surface area contributed by atoms with Gasteiger partial charge in [0.15, 0.2) is 0 Å². The number of nitrogens with zero attached hydrogens (tertiary/aromatic N) is 1. The molecule has 2 amide bonds. The van der Waals surface area contributed by atoms with E-state index in [-0.39, 0.29) is 5.91 Å². The van der Waals surface area contributed by atoms with Gasteiger partial charge in [-0.05, 0) is 49.5 Å². The van der Waals surface area contributed by atoms with Gasteiger partial charge in [0.05, 0.1) is 0 Å². The summed E-state index contributed by atoms with van der Waals surface area (Å²) in [5, 5.41) is 12.5. The maximum atomic E-state index is 12.0. The summed E-state index contributed by atoms with van der Waals surface area (Å²) in [6, 6.07) is 6.79. The van der Waals surface area contributed by atoms with Gasteiger partial charge in [0.2, 0.25) is 0 Å². The Labute approximate surface area is 122 Å². The minimum absolute atomic E-state index is 0.281. The Kier molecular flexibility index (Phi) is 5.22. The number of carbonyl (C=O) groups excluding carboxylic acids is 2. The van der Waals surface area contributed by atoms with E-state index in [1.165, 1.54) is 17.6 Å². The van der Waals surface area contributed by atoms with Crippen LogP contribution in [0.5, 0.6) is 0 Å². The first-order valence-electron chi connectivity index (χ1n) is 6.77. The number of hydroxylamine groups is 1. The summed E-state index contributed by atoms with van der Waals surface area (Å²) in [6.45, 7) is 0. The van der Waals surface area contributed by atoms with Crippen molar-refractivity contribution in [3.8, 4) is 0 Å². The summed E-state index contributed by atoms with van der Waals surface area (Å²) < 4.78 is 0. The first-order chi connectivity index (χ1) is 10.2. The standard InChI is InChI=1S/C15H17N3O3/c19-14(18-21)9-8-11-4-3-5-12(10-11)15(20)17-16-13-6-1-2-7-13/h3-5,8-10,21H,1-2,6-7H2,(H,17,20)(H,18,19)/b9-8+. The van der Waals surface area contributed by atoms with E-state index in [1.807, 2.05) is 0 Å². The largest absolute Gasteiger partial charge is 0.288 e. The van der Waals surface area contributed by atoms with Crippen molar-refractivity contribution in [3.05, 3.63) is 41.5 Å². The molecular weight excluding hydrogens is 270 g/mol. The number of benzene rings is 1. The lowest BCUT2D eigenvalue weighted by molar-refractivity contribution is -0.124. The molecule has 1 aliphatic carbocycles. The fourth-order valence-corrected chi connectivity index (χ4v) is 2.08. The van der Waals surface area contributed by atoms with Crippen LogP contribution in [-0.4, -0.2) is 22.7 Å². The van der Waals surface area contributed by atoms with Crippen LogP contribution in [0.2, 0.25) is 0 Å². The molecule has 1 aromatic carbocycles. The summed E-state index contributed by atoms with van der Waals surface area (Å²) in [4.78, 5) is 22.9. The molecule has 3 N–H and O–H groups in total. The van der Waals surface area contributed by atoms with Crippen molar-refractivity contribution in [2.45, 2.75) is 25.7 Å². The third kappa shape index (κ3) is 4.54. The molecule has 0 bridgehead atoms. The second-order valence-electron chi connectivity index (χ2n) is 4.76. The third-order valence-corrected chi connectivity index (χ3v) is 3.18. The molecular formula is C15H17N3O3. The monoisotopic (exact) mass is 287 g/mol. The average molecular weight is 287 g/mol. The first kappa shape index (κ1) is 14.9. The number of carbonyl (C=O) groups is 2. The fraction of sp³-hybridized carbons (Fsp3) is 0.267. The molecule has 0 spiro atoms. The highest BCUT2D eigenvalue weighted by atomic mass is 16.5. The predicted molar refractivity (Wildman–Crippen MR) is 78.8 cm³/mol.